The van der Waals surface area contributed by atoms with Gasteiger partial charge in [-0.15, -0.1) is 0 Å². The van der Waals surface area contributed by atoms with Crippen molar-refractivity contribution < 1.29 is 14.1 Å². The average molecular weight is 339 g/mol. The van der Waals surface area contributed by atoms with Crippen molar-refractivity contribution >= 4 is 11.9 Å². The van der Waals surface area contributed by atoms with Crippen molar-refractivity contribution in [2.24, 2.45) is 0 Å². The first kappa shape index (κ1) is 15.9. The minimum absolute atomic E-state index is 0.173. The molecule has 25 heavy (non-hydrogen) atoms. The lowest BCUT2D eigenvalue weighted by atomic mass is 9.89. The van der Waals surface area contributed by atoms with Crippen LogP contribution in [-0.4, -0.2) is 22.0 Å². The third-order valence-corrected chi connectivity index (χ3v) is 5.45. The van der Waals surface area contributed by atoms with E-state index >= 15 is 0 Å². The van der Waals surface area contributed by atoms with Crippen molar-refractivity contribution in [1.29, 1.82) is 0 Å². The lowest BCUT2D eigenvalue weighted by molar-refractivity contribution is -0.131. The number of urea groups is 1. The predicted molar refractivity (Wildman–Crippen MR) is 90.9 cm³/mol. The standard InChI is InChI=1S/C19H21N3O3/c1-11-16(12(2)25-21-11)10-22-17(23)19(3,20-18(22)24)15-8-7-13-5-4-6-14(13)9-15/h7-9H,4-6,10H2,1-3H3,(H,20,24)/t19-/m0/s1. The molecule has 1 N–H and O–H groups in total. The van der Waals surface area contributed by atoms with Gasteiger partial charge in [-0.05, 0) is 56.7 Å². The second-order valence-corrected chi connectivity index (χ2v) is 7.09. The molecule has 6 heteroatoms. The molecule has 1 saturated heterocycles. The molecule has 6 nitrogen and oxygen atoms in total. The Hall–Kier alpha value is -2.63. The Kier molecular flexibility index (Phi) is 3.45. The van der Waals surface area contributed by atoms with Gasteiger partial charge in [0, 0.05) is 5.56 Å². The second-order valence-electron chi connectivity index (χ2n) is 7.09. The van der Waals surface area contributed by atoms with E-state index in [1.54, 1.807) is 13.8 Å². The minimum Gasteiger partial charge on any atom is -0.361 e. The molecular formula is C19H21N3O3. The maximum Gasteiger partial charge on any atom is 0.325 e. The molecule has 1 aliphatic heterocycles. The smallest absolute Gasteiger partial charge is 0.325 e. The largest absolute Gasteiger partial charge is 0.361 e. The molecule has 1 aromatic heterocycles. The number of fused-ring (bicyclic) bond motifs is 1. The number of carbonyl (C=O) groups is 2. The summed E-state index contributed by atoms with van der Waals surface area (Å²) >= 11 is 0. The number of carbonyl (C=O) groups excluding carboxylic acids is 2. The Labute approximate surface area is 146 Å². The van der Waals surface area contributed by atoms with Crippen LogP contribution in [0, 0.1) is 13.8 Å². The van der Waals surface area contributed by atoms with Gasteiger partial charge in [0.15, 0.2) is 0 Å². The van der Waals surface area contributed by atoms with Crippen molar-refractivity contribution in [2.75, 3.05) is 0 Å². The van der Waals surface area contributed by atoms with Gasteiger partial charge in [0.1, 0.15) is 11.3 Å². The molecule has 2 aromatic rings. The van der Waals surface area contributed by atoms with E-state index in [0.717, 1.165) is 30.4 Å². The van der Waals surface area contributed by atoms with E-state index in [1.165, 1.54) is 16.0 Å². The zero-order chi connectivity index (χ0) is 17.8. The number of aryl methyl sites for hydroxylation is 4. The number of imide groups is 1. The summed E-state index contributed by atoms with van der Waals surface area (Å²) < 4.78 is 5.14. The number of aromatic nitrogens is 1. The van der Waals surface area contributed by atoms with Crippen molar-refractivity contribution in [1.82, 2.24) is 15.4 Å². The van der Waals surface area contributed by atoms with Gasteiger partial charge in [0.05, 0.1) is 12.2 Å². The number of benzene rings is 1. The SMILES string of the molecule is Cc1noc(C)c1CN1C(=O)N[C@@](C)(c2ccc3c(c2)CCC3)C1=O. The molecule has 130 valence electrons. The molecular weight excluding hydrogens is 318 g/mol. The summed E-state index contributed by atoms with van der Waals surface area (Å²) in [6.07, 6.45) is 3.27. The van der Waals surface area contributed by atoms with Gasteiger partial charge >= 0.3 is 6.03 Å². The Balaban J connectivity index is 1.66. The second kappa shape index (κ2) is 5.44. The summed E-state index contributed by atoms with van der Waals surface area (Å²) in [6.45, 7) is 5.54. The van der Waals surface area contributed by atoms with Gasteiger partial charge < -0.3 is 9.84 Å². The molecule has 0 bridgehead atoms. The molecule has 0 unspecified atom stereocenters. The molecule has 0 radical (unpaired) electrons. The quantitative estimate of drug-likeness (QED) is 0.873. The van der Waals surface area contributed by atoms with Crippen LogP contribution < -0.4 is 5.32 Å². The molecule has 4 rings (SSSR count). The monoisotopic (exact) mass is 339 g/mol. The van der Waals surface area contributed by atoms with Crippen molar-refractivity contribution in [3.8, 4) is 0 Å². The lowest BCUT2D eigenvalue weighted by Gasteiger charge is -2.23. The zero-order valence-electron chi connectivity index (χ0n) is 14.7. The first-order valence-electron chi connectivity index (χ1n) is 8.58. The average Bonchev–Trinajstić information content (AvgIpc) is 3.23. The maximum atomic E-state index is 13.1. The number of amides is 3. The Bertz CT molecular complexity index is 867. The number of nitrogens with zero attached hydrogens (tertiary/aromatic N) is 2. The summed E-state index contributed by atoms with van der Waals surface area (Å²) in [5.41, 5.74) is 3.91. The molecule has 2 heterocycles. The van der Waals surface area contributed by atoms with E-state index in [2.05, 4.69) is 22.6 Å². The highest BCUT2D eigenvalue weighted by Gasteiger charge is 2.49. The van der Waals surface area contributed by atoms with Crippen LogP contribution in [0.5, 0.6) is 0 Å². The zero-order valence-corrected chi connectivity index (χ0v) is 14.7. The molecule has 2 aliphatic rings. The van der Waals surface area contributed by atoms with Crippen molar-refractivity contribution in [3.05, 3.63) is 51.9 Å². The van der Waals surface area contributed by atoms with Crippen molar-refractivity contribution in [2.45, 2.75) is 52.1 Å². The summed E-state index contributed by atoms with van der Waals surface area (Å²) in [6, 6.07) is 5.73. The molecule has 1 aromatic carbocycles. The van der Waals surface area contributed by atoms with Crippen LogP contribution in [0.25, 0.3) is 0 Å². The molecule has 0 spiro atoms. The minimum atomic E-state index is -1.03. The van der Waals surface area contributed by atoms with E-state index in [0.29, 0.717) is 11.5 Å². The number of rotatable bonds is 3. The Morgan fingerprint density at radius 3 is 2.72 bits per heavy atom. The Morgan fingerprint density at radius 2 is 2.00 bits per heavy atom. The van der Waals surface area contributed by atoms with Crippen LogP contribution >= 0.6 is 0 Å². The predicted octanol–water partition coefficient (Wildman–Crippen LogP) is 2.75. The van der Waals surface area contributed by atoms with Gasteiger partial charge in [0.25, 0.3) is 5.91 Å². The van der Waals surface area contributed by atoms with E-state index in [-0.39, 0.29) is 18.5 Å². The maximum absolute atomic E-state index is 13.1. The molecule has 1 atom stereocenters. The van der Waals surface area contributed by atoms with E-state index in [9.17, 15) is 9.59 Å². The van der Waals surface area contributed by atoms with Crippen LogP contribution in [-0.2, 0) is 29.7 Å². The molecule has 0 saturated carbocycles. The lowest BCUT2D eigenvalue weighted by Crippen LogP contribution is -2.41. The highest BCUT2D eigenvalue weighted by molar-refractivity contribution is 6.07. The molecule has 1 fully saturated rings. The first-order chi connectivity index (χ1) is 11.9. The fourth-order valence-electron chi connectivity index (χ4n) is 3.80. The molecule has 1 aliphatic carbocycles. The molecule has 3 amide bonds. The Morgan fingerprint density at radius 1 is 1.24 bits per heavy atom. The van der Waals surface area contributed by atoms with Gasteiger partial charge in [-0.1, -0.05) is 23.4 Å². The third kappa shape index (κ3) is 2.35. The van der Waals surface area contributed by atoms with Crippen LogP contribution in [0.3, 0.4) is 0 Å². The van der Waals surface area contributed by atoms with Gasteiger partial charge in [-0.25, -0.2) is 4.79 Å². The fourth-order valence-corrected chi connectivity index (χ4v) is 3.80. The fraction of sp³-hybridized carbons (Fsp3) is 0.421. The third-order valence-electron chi connectivity index (χ3n) is 5.45. The van der Waals surface area contributed by atoms with Gasteiger partial charge in [0.2, 0.25) is 0 Å². The normalized spacial score (nSPS) is 22.4. The van der Waals surface area contributed by atoms with Crippen LogP contribution in [0.15, 0.2) is 22.7 Å². The van der Waals surface area contributed by atoms with Crippen LogP contribution in [0.1, 0.15) is 47.1 Å². The van der Waals surface area contributed by atoms with Gasteiger partial charge in [-0.3, -0.25) is 9.69 Å². The van der Waals surface area contributed by atoms with Crippen LogP contribution in [0.2, 0.25) is 0 Å². The summed E-state index contributed by atoms with van der Waals surface area (Å²) in [7, 11) is 0. The van der Waals surface area contributed by atoms with Crippen LogP contribution in [0.4, 0.5) is 4.79 Å². The summed E-state index contributed by atoms with van der Waals surface area (Å²) in [4.78, 5) is 26.8. The van der Waals surface area contributed by atoms with E-state index in [1.807, 2.05) is 13.0 Å². The van der Waals surface area contributed by atoms with Crippen molar-refractivity contribution in [3.63, 3.8) is 0 Å². The highest BCUT2D eigenvalue weighted by Crippen LogP contribution is 2.33. The highest BCUT2D eigenvalue weighted by atomic mass is 16.5. The van der Waals surface area contributed by atoms with Gasteiger partial charge in [-0.2, -0.15) is 0 Å². The summed E-state index contributed by atoms with van der Waals surface area (Å²) in [5, 5.41) is 6.77. The number of hydrogen-bond donors (Lipinski definition) is 1. The van der Waals surface area contributed by atoms with E-state index in [4.69, 9.17) is 4.52 Å². The first-order valence-corrected chi connectivity index (χ1v) is 8.58. The summed E-state index contributed by atoms with van der Waals surface area (Å²) in [5.74, 6) is 0.389. The van der Waals surface area contributed by atoms with E-state index < -0.39 is 5.54 Å². The topological polar surface area (TPSA) is 75.4 Å². The number of nitrogens with one attached hydrogen (secondary N) is 1. The number of hydrogen-bond acceptors (Lipinski definition) is 4.